The average molecular weight is 349 g/mol. The summed E-state index contributed by atoms with van der Waals surface area (Å²) in [6.45, 7) is 0. The first-order valence-corrected chi connectivity index (χ1v) is 8.36. The standard InChI is InChI=1S/C14H11N3O2S3/c1-19-8-4-5-10-9(7-8)15-14(22-10)17-13(20)16-12(18)11-3-2-6-21-11/h2-7H,1H3,(H2,15,16,17,18,20). The number of hydrogen-bond donors (Lipinski definition) is 2. The zero-order chi connectivity index (χ0) is 15.5. The van der Waals surface area contributed by atoms with E-state index in [2.05, 4.69) is 15.6 Å². The zero-order valence-electron chi connectivity index (χ0n) is 11.5. The number of nitrogens with one attached hydrogen (secondary N) is 2. The van der Waals surface area contributed by atoms with Crippen molar-refractivity contribution in [1.82, 2.24) is 10.3 Å². The van der Waals surface area contributed by atoms with Crippen LogP contribution in [-0.4, -0.2) is 23.1 Å². The number of fused-ring (bicyclic) bond motifs is 1. The number of methoxy groups -OCH3 is 1. The van der Waals surface area contributed by atoms with Crippen LogP contribution >= 0.6 is 34.9 Å². The summed E-state index contributed by atoms with van der Waals surface area (Å²) in [4.78, 5) is 16.9. The number of rotatable bonds is 3. The molecule has 1 amide bonds. The van der Waals surface area contributed by atoms with Gasteiger partial charge in [0.2, 0.25) is 0 Å². The first-order chi connectivity index (χ1) is 10.7. The summed E-state index contributed by atoms with van der Waals surface area (Å²) in [7, 11) is 1.61. The van der Waals surface area contributed by atoms with Gasteiger partial charge in [-0.15, -0.1) is 11.3 Å². The molecule has 0 saturated heterocycles. The van der Waals surface area contributed by atoms with Crippen LogP contribution in [0.1, 0.15) is 9.67 Å². The van der Waals surface area contributed by atoms with Gasteiger partial charge >= 0.3 is 0 Å². The average Bonchev–Trinajstić information content (AvgIpc) is 3.15. The molecule has 5 nitrogen and oxygen atoms in total. The number of amides is 1. The lowest BCUT2D eigenvalue weighted by Crippen LogP contribution is -2.33. The lowest BCUT2D eigenvalue weighted by molar-refractivity contribution is 0.0981. The molecule has 22 heavy (non-hydrogen) atoms. The van der Waals surface area contributed by atoms with Crippen molar-refractivity contribution in [3.8, 4) is 5.75 Å². The highest BCUT2D eigenvalue weighted by Crippen LogP contribution is 2.28. The largest absolute Gasteiger partial charge is 0.497 e. The molecule has 0 fully saturated rings. The second-order valence-corrected chi connectivity index (χ2v) is 6.62. The van der Waals surface area contributed by atoms with E-state index in [4.69, 9.17) is 17.0 Å². The molecule has 0 aliphatic rings. The predicted octanol–water partition coefficient (Wildman–Crippen LogP) is 3.49. The lowest BCUT2D eigenvalue weighted by Gasteiger charge is -2.05. The highest BCUT2D eigenvalue weighted by atomic mass is 32.1. The van der Waals surface area contributed by atoms with Crippen molar-refractivity contribution in [2.75, 3.05) is 12.4 Å². The quantitative estimate of drug-likeness (QED) is 0.709. The zero-order valence-corrected chi connectivity index (χ0v) is 13.9. The van der Waals surface area contributed by atoms with E-state index in [1.165, 1.54) is 22.7 Å². The van der Waals surface area contributed by atoms with Gasteiger partial charge in [0.15, 0.2) is 10.2 Å². The minimum absolute atomic E-state index is 0.226. The number of thiophene rings is 1. The van der Waals surface area contributed by atoms with Gasteiger partial charge < -0.3 is 10.1 Å². The van der Waals surface area contributed by atoms with Crippen LogP contribution in [0.25, 0.3) is 10.2 Å². The number of anilines is 1. The van der Waals surface area contributed by atoms with E-state index in [1.54, 1.807) is 13.2 Å². The molecule has 0 atom stereocenters. The molecule has 8 heteroatoms. The van der Waals surface area contributed by atoms with Gasteiger partial charge in [-0.3, -0.25) is 10.1 Å². The van der Waals surface area contributed by atoms with Crippen LogP contribution in [0.4, 0.5) is 5.13 Å². The summed E-state index contributed by atoms with van der Waals surface area (Å²) in [6.07, 6.45) is 0. The van der Waals surface area contributed by atoms with E-state index in [1.807, 2.05) is 29.6 Å². The Morgan fingerprint density at radius 2 is 2.23 bits per heavy atom. The van der Waals surface area contributed by atoms with E-state index in [9.17, 15) is 4.79 Å². The number of carbonyl (C=O) groups excluding carboxylic acids is 1. The fraction of sp³-hybridized carbons (Fsp3) is 0.0714. The summed E-state index contributed by atoms with van der Waals surface area (Å²) < 4.78 is 6.18. The van der Waals surface area contributed by atoms with E-state index in [-0.39, 0.29) is 11.0 Å². The maximum absolute atomic E-state index is 11.9. The molecule has 2 N–H and O–H groups in total. The molecule has 112 valence electrons. The summed E-state index contributed by atoms with van der Waals surface area (Å²) in [5.41, 5.74) is 0.819. The van der Waals surface area contributed by atoms with Crippen molar-refractivity contribution in [1.29, 1.82) is 0 Å². The van der Waals surface area contributed by atoms with E-state index >= 15 is 0 Å². The molecule has 1 aromatic carbocycles. The summed E-state index contributed by atoms with van der Waals surface area (Å²) in [6, 6.07) is 9.22. The molecular weight excluding hydrogens is 338 g/mol. The van der Waals surface area contributed by atoms with Crippen molar-refractivity contribution >= 4 is 61.3 Å². The van der Waals surface area contributed by atoms with E-state index in [0.717, 1.165) is 16.0 Å². The number of benzene rings is 1. The Bertz CT molecular complexity index is 827. The SMILES string of the molecule is COc1ccc2sc(NC(=S)NC(=O)c3cccs3)nc2c1. The second kappa shape index (κ2) is 6.39. The number of thiocarbonyl (C=S) groups is 1. The van der Waals surface area contributed by atoms with Crippen molar-refractivity contribution < 1.29 is 9.53 Å². The first kappa shape index (κ1) is 14.9. The van der Waals surface area contributed by atoms with Crippen molar-refractivity contribution in [2.24, 2.45) is 0 Å². The molecule has 0 aliphatic carbocycles. The normalized spacial score (nSPS) is 10.4. The van der Waals surface area contributed by atoms with Gasteiger partial charge in [0, 0.05) is 6.07 Å². The number of carbonyl (C=O) groups is 1. The van der Waals surface area contributed by atoms with E-state index < -0.39 is 0 Å². The fourth-order valence-corrected chi connectivity index (χ4v) is 3.51. The van der Waals surface area contributed by atoms with Crippen LogP contribution in [0, 0.1) is 0 Å². The third kappa shape index (κ3) is 3.24. The molecule has 0 saturated carbocycles. The van der Waals surface area contributed by atoms with Crippen molar-refractivity contribution in [3.63, 3.8) is 0 Å². The molecule has 0 radical (unpaired) electrons. The minimum atomic E-state index is -0.227. The Kier molecular flexibility index (Phi) is 4.32. The molecule has 3 aromatic rings. The number of thiazole rings is 1. The van der Waals surface area contributed by atoms with Gasteiger partial charge in [0.1, 0.15) is 5.75 Å². The Morgan fingerprint density at radius 3 is 2.95 bits per heavy atom. The minimum Gasteiger partial charge on any atom is -0.497 e. The molecule has 0 spiro atoms. The molecule has 0 bridgehead atoms. The molecule has 3 rings (SSSR count). The van der Waals surface area contributed by atoms with Crippen LogP contribution in [0.3, 0.4) is 0 Å². The third-order valence-corrected chi connectivity index (χ3v) is 4.81. The summed E-state index contributed by atoms with van der Waals surface area (Å²) in [5.74, 6) is 0.521. The summed E-state index contributed by atoms with van der Waals surface area (Å²) in [5, 5.41) is 8.25. The Morgan fingerprint density at radius 1 is 1.36 bits per heavy atom. The van der Waals surface area contributed by atoms with Gasteiger partial charge in [0.25, 0.3) is 5.91 Å². The maximum Gasteiger partial charge on any atom is 0.267 e. The molecular formula is C14H11N3O2S3. The molecule has 2 heterocycles. The predicted molar refractivity (Wildman–Crippen MR) is 94.2 cm³/mol. The van der Waals surface area contributed by atoms with Gasteiger partial charge in [-0.05, 0) is 35.8 Å². The van der Waals surface area contributed by atoms with E-state index in [0.29, 0.717) is 10.0 Å². The Balaban J connectivity index is 1.70. The van der Waals surface area contributed by atoms with Crippen LogP contribution < -0.4 is 15.4 Å². The number of hydrogen-bond acceptors (Lipinski definition) is 6. The van der Waals surface area contributed by atoms with Crippen LogP contribution in [0.5, 0.6) is 5.75 Å². The smallest absolute Gasteiger partial charge is 0.267 e. The molecule has 0 aliphatic heterocycles. The Hall–Kier alpha value is -2.03. The fourth-order valence-electron chi connectivity index (χ4n) is 1.79. The Labute approximate surface area is 139 Å². The van der Waals surface area contributed by atoms with Crippen LogP contribution in [-0.2, 0) is 0 Å². The van der Waals surface area contributed by atoms with Gasteiger partial charge in [0.05, 0.1) is 22.2 Å². The number of ether oxygens (including phenoxy) is 1. The van der Waals surface area contributed by atoms with Crippen LogP contribution in [0.15, 0.2) is 35.7 Å². The highest BCUT2D eigenvalue weighted by molar-refractivity contribution is 7.80. The van der Waals surface area contributed by atoms with Gasteiger partial charge in [-0.2, -0.15) is 0 Å². The second-order valence-electron chi connectivity index (χ2n) is 4.24. The van der Waals surface area contributed by atoms with Crippen molar-refractivity contribution in [3.05, 3.63) is 40.6 Å². The topological polar surface area (TPSA) is 63.2 Å². The molecule has 2 aromatic heterocycles. The number of aromatic nitrogens is 1. The number of nitrogens with zero attached hydrogens (tertiary/aromatic N) is 1. The lowest BCUT2D eigenvalue weighted by atomic mass is 10.3. The molecule has 0 unspecified atom stereocenters. The monoisotopic (exact) mass is 349 g/mol. The summed E-state index contributed by atoms with van der Waals surface area (Å²) >= 11 is 7.96. The first-order valence-electron chi connectivity index (χ1n) is 6.26. The van der Waals surface area contributed by atoms with Crippen LogP contribution in [0.2, 0.25) is 0 Å². The highest BCUT2D eigenvalue weighted by Gasteiger charge is 2.11. The van der Waals surface area contributed by atoms with Gasteiger partial charge in [-0.25, -0.2) is 4.98 Å². The van der Waals surface area contributed by atoms with Crippen molar-refractivity contribution in [2.45, 2.75) is 0 Å². The third-order valence-electron chi connectivity index (χ3n) is 2.79. The van der Waals surface area contributed by atoms with Gasteiger partial charge in [-0.1, -0.05) is 17.4 Å². The maximum atomic E-state index is 11.9.